The lowest BCUT2D eigenvalue weighted by Gasteiger charge is -2.10. The summed E-state index contributed by atoms with van der Waals surface area (Å²) in [7, 11) is 0. The number of nitrogens with zero attached hydrogens (tertiary/aromatic N) is 2. The molecule has 8 nitrogen and oxygen atoms in total. The van der Waals surface area contributed by atoms with Crippen molar-refractivity contribution in [3.05, 3.63) is 70.9 Å². The molecule has 0 atom stereocenters. The molecule has 28 heavy (non-hydrogen) atoms. The third-order valence-electron chi connectivity index (χ3n) is 4.00. The smallest absolute Gasteiger partial charge is 0.329 e. The van der Waals surface area contributed by atoms with E-state index in [0.717, 1.165) is 0 Å². The van der Waals surface area contributed by atoms with Crippen molar-refractivity contribution in [1.29, 1.82) is 5.26 Å². The lowest BCUT2D eigenvalue weighted by molar-refractivity contribution is -0.140. The molecule has 2 N–H and O–H groups in total. The molecule has 0 unspecified atom stereocenters. The number of hydrogen-bond acceptors (Lipinski definition) is 5. The van der Waals surface area contributed by atoms with Gasteiger partial charge in [0.2, 0.25) is 0 Å². The molecule has 1 saturated heterocycles. The summed E-state index contributed by atoms with van der Waals surface area (Å²) in [5, 5.41) is 20.3. The monoisotopic (exact) mass is 377 g/mol. The van der Waals surface area contributed by atoms with Crippen molar-refractivity contribution in [2.24, 2.45) is 0 Å². The molecule has 2 aromatic rings. The summed E-state index contributed by atoms with van der Waals surface area (Å²) >= 11 is 0. The largest absolute Gasteiger partial charge is 0.488 e. The van der Waals surface area contributed by atoms with E-state index in [-0.39, 0.29) is 12.3 Å². The number of hydrogen-bond donors (Lipinski definition) is 2. The fraction of sp³-hybridized carbons (Fsp3) is 0.100. The van der Waals surface area contributed by atoms with Crippen LogP contribution in [-0.4, -0.2) is 34.5 Å². The highest BCUT2D eigenvalue weighted by atomic mass is 16.5. The molecule has 2 aromatic carbocycles. The Bertz CT molecular complexity index is 1020. The molecule has 1 fully saturated rings. The number of ether oxygens (including phenoxy) is 1. The second-order valence-corrected chi connectivity index (χ2v) is 5.87. The third-order valence-corrected chi connectivity index (χ3v) is 4.00. The van der Waals surface area contributed by atoms with Gasteiger partial charge >= 0.3 is 12.0 Å². The van der Waals surface area contributed by atoms with Crippen LogP contribution in [0.4, 0.5) is 4.79 Å². The van der Waals surface area contributed by atoms with E-state index in [1.54, 1.807) is 48.5 Å². The number of urea groups is 1. The molecule has 8 heteroatoms. The van der Waals surface area contributed by atoms with Crippen molar-refractivity contribution < 1.29 is 24.2 Å². The van der Waals surface area contributed by atoms with Crippen LogP contribution in [0.2, 0.25) is 0 Å². The number of aliphatic carboxylic acids is 1. The number of carbonyl (C=O) groups is 3. The van der Waals surface area contributed by atoms with Gasteiger partial charge < -0.3 is 15.2 Å². The van der Waals surface area contributed by atoms with Gasteiger partial charge in [-0.25, -0.2) is 9.69 Å². The van der Waals surface area contributed by atoms with Gasteiger partial charge in [-0.3, -0.25) is 9.59 Å². The number of nitrogens with one attached hydrogen (secondary N) is 1. The minimum Gasteiger partial charge on any atom is -0.488 e. The van der Waals surface area contributed by atoms with Gasteiger partial charge in [-0.2, -0.15) is 5.26 Å². The second-order valence-electron chi connectivity index (χ2n) is 5.87. The number of carboxylic acids is 1. The molecule has 3 amide bonds. The Morgan fingerprint density at radius 2 is 1.89 bits per heavy atom. The van der Waals surface area contributed by atoms with E-state index in [1.165, 1.54) is 6.08 Å². The summed E-state index contributed by atoms with van der Waals surface area (Å²) in [4.78, 5) is 35.5. The van der Waals surface area contributed by atoms with Crippen LogP contribution >= 0.6 is 0 Å². The van der Waals surface area contributed by atoms with E-state index in [2.05, 4.69) is 11.4 Å². The minimum atomic E-state index is -1.29. The maximum absolute atomic E-state index is 12.3. The topological polar surface area (TPSA) is 120 Å². The van der Waals surface area contributed by atoms with Crippen LogP contribution < -0.4 is 10.1 Å². The number of nitriles is 1. The van der Waals surface area contributed by atoms with Gasteiger partial charge in [-0.1, -0.05) is 36.4 Å². The quantitative estimate of drug-likeness (QED) is 0.588. The number of carbonyl (C=O) groups excluding carboxylic acids is 2. The van der Waals surface area contributed by atoms with Gasteiger partial charge in [0, 0.05) is 11.1 Å². The SMILES string of the molecule is N#Cc1ccccc1COc1ccccc1/C=C1/NC(=O)N(CC(=O)O)C1=O. The van der Waals surface area contributed by atoms with Crippen molar-refractivity contribution in [3.63, 3.8) is 0 Å². The van der Waals surface area contributed by atoms with E-state index >= 15 is 0 Å². The predicted molar refractivity (Wildman–Crippen MR) is 97.8 cm³/mol. The highest BCUT2D eigenvalue weighted by Crippen LogP contribution is 2.24. The molecule has 140 valence electrons. The molecule has 0 saturated carbocycles. The summed E-state index contributed by atoms with van der Waals surface area (Å²) in [5.74, 6) is -1.57. The average Bonchev–Trinajstić information content (AvgIpc) is 2.94. The average molecular weight is 377 g/mol. The second kappa shape index (κ2) is 8.05. The third kappa shape index (κ3) is 3.99. The fourth-order valence-corrected chi connectivity index (χ4v) is 2.65. The normalized spacial score (nSPS) is 14.7. The van der Waals surface area contributed by atoms with Crippen LogP contribution in [0.1, 0.15) is 16.7 Å². The predicted octanol–water partition coefficient (Wildman–Crippen LogP) is 2.11. The van der Waals surface area contributed by atoms with E-state index < -0.39 is 24.5 Å². The summed E-state index contributed by atoms with van der Waals surface area (Å²) in [6.45, 7) is -0.569. The van der Waals surface area contributed by atoms with Gasteiger partial charge in [0.25, 0.3) is 5.91 Å². The number of carboxylic acid groups (broad SMARTS) is 1. The van der Waals surface area contributed by atoms with Crippen molar-refractivity contribution in [2.45, 2.75) is 6.61 Å². The Morgan fingerprint density at radius 3 is 2.64 bits per heavy atom. The van der Waals surface area contributed by atoms with E-state index in [4.69, 9.17) is 15.1 Å². The van der Waals surface area contributed by atoms with Crippen LogP contribution in [0.15, 0.2) is 54.2 Å². The Hall–Kier alpha value is -4.12. The Kier molecular flexibility index (Phi) is 5.37. The first kappa shape index (κ1) is 18.7. The van der Waals surface area contributed by atoms with Gasteiger partial charge in [0.1, 0.15) is 24.6 Å². The molecule has 0 radical (unpaired) electrons. The first-order valence-corrected chi connectivity index (χ1v) is 8.25. The molecule has 1 aliphatic heterocycles. The van der Waals surface area contributed by atoms with Crippen LogP contribution in [-0.2, 0) is 16.2 Å². The number of amides is 3. The minimum absolute atomic E-state index is 0.0419. The van der Waals surface area contributed by atoms with Crippen LogP contribution in [0.3, 0.4) is 0 Å². The zero-order valence-corrected chi connectivity index (χ0v) is 14.6. The number of rotatable bonds is 6. The number of benzene rings is 2. The fourth-order valence-electron chi connectivity index (χ4n) is 2.65. The summed E-state index contributed by atoms with van der Waals surface area (Å²) in [6.07, 6.45) is 1.42. The molecule has 0 aliphatic carbocycles. The molecule has 0 bridgehead atoms. The molecule has 1 heterocycles. The standard InChI is InChI=1S/C20H15N3O5/c21-10-14-6-1-2-7-15(14)12-28-17-8-4-3-5-13(17)9-16-19(26)23(11-18(24)25)20(27)22-16/h1-9H,11-12H2,(H,22,27)(H,24,25)/b16-9+. The zero-order chi connectivity index (χ0) is 20.1. The summed E-state index contributed by atoms with van der Waals surface area (Å²) < 4.78 is 5.80. The Morgan fingerprint density at radius 1 is 1.18 bits per heavy atom. The molecular weight excluding hydrogens is 362 g/mol. The number of para-hydroxylation sites is 1. The van der Waals surface area contributed by atoms with Gasteiger partial charge in [-0.05, 0) is 18.2 Å². The molecule has 0 spiro atoms. The molecule has 3 rings (SSSR count). The van der Waals surface area contributed by atoms with Crippen LogP contribution in [0.25, 0.3) is 6.08 Å². The van der Waals surface area contributed by atoms with Gasteiger partial charge in [0.05, 0.1) is 11.6 Å². The van der Waals surface area contributed by atoms with E-state index in [0.29, 0.717) is 27.3 Å². The lowest BCUT2D eigenvalue weighted by Crippen LogP contribution is -2.35. The van der Waals surface area contributed by atoms with Crippen LogP contribution in [0, 0.1) is 11.3 Å². The lowest BCUT2D eigenvalue weighted by atomic mass is 10.1. The zero-order valence-electron chi connectivity index (χ0n) is 14.6. The first-order chi connectivity index (χ1) is 13.5. The maximum Gasteiger partial charge on any atom is 0.329 e. The summed E-state index contributed by atoms with van der Waals surface area (Å²) in [5.41, 5.74) is 1.70. The Balaban J connectivity index is 1.82. The molecule has 1 aliphatic rings. The first-order valence-electron chi connectivity index (χ1n) is 8.25. The highest BCUT2D eigenvalue weighted by molar-refractivity contribution is 6.15. The Labute approximate surface area is 160 Å². The van der Waals surface area contributed by atoms with Gasteiger partial charge in [-0.15, -0.1) is 0 Å². The van der Waals surface area contributed by atoms with E-state index in [1.807, 2.05) is 0 Å². The van der Waals surface area contributed by atoms with Gasteiger partial charge in [0.15, 0.2) is 0 Å². The summed E-state index contributed by atoms with van der Waals surface area (Å²) in [6, 6.07) is 15.2. The van der Waals surface area contributed by atoms with Crippen LogP contribution in [0.5, 0.6) is 5.75 Å². The van der Waals surface area contributed by atoms with Crippen molar-refractivity contribution >= 4 is 24.0 Å². The molecular formula is C20H15N3O5. The molecule has 0 aromatic heterocycles. The van der Waals surface area contributed by atoms with Crippen molar-refractivity contribution in [2.75, 3.05) is 6.54 Å². The van der Waals surface area contributed by atoms with Crippen molar-refractivity contribution in [3.8, 4) is 11.8 Å². The van der Waals surface area contributed by atoms with Crippen molar-refractivity contribution in [1.82, 2.24) is 10.2 Å². The maximum atomic E-state index is 12.3. The highest BCUT2D eigenvalue weighted by Gasteiger charge is 2.35. The number of imide groups is 1. The van der Waals surface area contributed by atoms with E-state index in [9.17, 15) is 14.4 Å².